The van der Waals surface area contributed by atoms with E-state index in [-0.39, 0.29) is 34.1 Å². The summed E-state index contributed by atoms with van der Waals surface area (Å²) >= 11 is 0. The second-order valence-corrected chi connectivity index (χ2v) is 7.89. The first-order valence-corrected chi connectivity index (χ1v) is 10.1. The molecule has 1 aliphatic rings. The SMILES string of the molecule is Cc1c(F)cc(C(C)NC(=O)c2coc(Oc3cccc(C(F)(F)F)c3C3CC3)n2)cc1F. The van der Waals surface area contributed by atoms with E-state index in [1.165, 1.54) is 26.0 Å². The quantitative estimate of drug-likeness (QED) is 0.425. The average Bonchev–Trinajstić information content (AvgIpc) is 3.48. The lowest BCUT2D eigenvalue weighted by Crippen LogP contribution is -2.27. The number of aromatic nitrogens is 1. The van der Waals surface area contributed by atoms with Gasteiger partial charge in [0.25, 0.3) is 5.91 Å². The number of halogens is 5. The van der Waals surface area contributed by atoms with Crippen molar-refractivity contribution in [3.8, 4) is 11.8 Å². The van der Waals surface area contributed by atoms with Gasteiger partial charge in [-0.1, -0.05) is 6.07 Å². The zero-order valence-electron chi connectivity index (χ0n) is 17.6. The predicted octanol–water partition coefficient (Wildman–Crippen LogP) is 6.44. The summed E-state index contributed by atoms with van der Waals surface area (Å²) in [6, 6.07) is 5.08. The zero-order valence-corrected chi connectivity index (χ0v) is 17.6. The Kier molecular flexibility index (Phi) is 5.85. The molecular formula is C23H19F5N2O3. The van der Waals surface area contributed by atoms with Gasteiger partial charge in [0.1, 0.15) is 23.6 Å². The van der Waals surface area contributed by atoms with E-state index in [1.807, 2.05) is 0 Å². The van der Waals surface area contributed by atoms with Crippen molar-refractivity contribution in [1.29, 1.82) is 0 Å². The molecule has 1 amide bonds. The number of ether oxygens (including phenoxy) is 1. The summed E-state index contributed by atoms with van der Waals surface area (Å²) < 4.78 is 78.4. The molecule has 10 heteroatoms. The molecule has 1 atom stereocenters. The van der Waals surface area contributed by atoms with E-state index < -0.39 is 41.4 Å². The van der Waals surface area contributed by atoms with Crippen molar-refractivity contribution < 1.29 is 35.9 Å². The smallest absolute Gasteiger partial charge is 0.416 e. The summed E-state index contributed by atoms with van der Waals surface area (Å²) in [5.74, 6) is -2.51. The third-order valence-electron chi connectivity index (χ3n) is 5.42. The number of hydrogen-bond donors (Lipinski definition) is 1. The molecule has 1 N–H and O–H groups in total. The van der Waals surface area contributed by atoms with Crippen molar-refractivity contribution in [2.75, 3.05) is 0 Å². The van der Waals surface area contributed by atoms with Crippen molar-refractivity contribution in [1.82, 2.24) is 10.3 Å². The van der Waals surface area contributed by atoms with Gasteiger partial charge in [-0.25, -0.2) is 8.78 Å². The largest absolute Gasteiger partial charge is 0.416 e. The third-order valence-corrected chi connectivity index (χ3v) is 5.42. The Morgan fingerprint density at radius 1 is 1.21 bits per heavy atom. The summed E-state index contributed by atoms with van der Waals surface area (Å²) in [7, 11) is 0. The lowest BCUT2D eigenvalue weighted by molar-refractivity contribution is -0.138. The maximum atomic E-state index is 13.8. The first kappa shape index (κ1) is 22.8. The molecule has 2 aromatic carbocycles. The molecule has 174 valence electrons. The normalized spacial score (nSPS) is 14.8. The van der Waals surface area contributed by atoms with E-state index in [1.54, 1.807) is 0 Å². The average molecular weight is 466 g/mol. The van der Waals surface area contributed by atoms with Crippen molar-refractivity contribution in [3.05, 3.63) is 76.2 Å². The minimum absolute atomic E-state index is 0.0336. The van der Waals surface area contributed by atoms with Gasteiger partial charge in [-0.15, -0.1) is 0 Å². The van der Waals surface area contributed by atoms with Gasteiger partial charge in [-0.2, -0.15) is 18.2 Å². The Bertz CT molecular complexity index is 1180. The van der Waals surface area contributed by atoms with Gasteiger partial charge in [0.15, 0.2) is 5.69 Å². The fourth-order valence-electron chi connectivity index (χ4n) is 3.44. The molecule has 0 bridgehead atoms. The Labute approximate surface area is 185 Å². The highest BCUT2D eigenvalue weighted by Gasteiger charge is 2.40. The van der Waals surface area contributed by atoms with E-state index in [0.717, 1.165) is 24.5 Å². The minimum atomic E-state index is -4.54. The summed E-state index contributed by atoms with van der Waals surface area (Å²) in [5, 5.41) is 2.53. The number of nitrogens with one attached hydrogen (secondary N) is 1. The van der Waals surface area contributed by atoms with Gasteiger partial charge >= 0.3 is 12.3 Å². The molecule has 0 aliphatic heterocycles. The number of alkyl halides is 3. The van der Waals surface area contributed by atoms with E-state index in [4.69, 9.17) is 9.15 Å². The van der Waals surface area contributed by atoms with Crippen LogP contribution < -0.4 is 10.1 Å². The highest BCUT2D eigenvalue weighted by molar-refractivity contribution is 5.92. The number of hydrogen-bond acceptors (Lipinski definition) is 4. The molecule has 0 spiro atoms. The number of carbonyl (C=O) groups excluding carboxylic acids is 1. The van der Waals surface area contributed by atoms with Crippen LogP contribution in [0.15, 0.2) is 41.0 Å². The molecule has 1 aromatic heterocycles. The van der Waals surface area contributed by atoms with Gasteiger partial charge in [-0.3, -0.25) is 4.79 Å². The molecule has 33 heavy (non-hydrogen) atoms. The first-order valence-electron chi connectivity index (χ1n) is 10.1. The van der Waals surface area contributed by atoms with Crippen LogP contribution in [0.4, 0.5) is 22.0 Å². The summed E-state index contributed by atoms with van der Waals surface area (Å²) in [5.41, 5.74) is -0.868. The van der Waals surface area contributed by atoms with Crippen LogP contribution in [0.5, 0.6) is 11.8 Å². The van der Waals surface area contributed by atoms with Crippen LogP contribution in [0.1, 0.15) is 64.5 Å². The van der Waals surface area contributed by atoms with Crippen LogP contribution >= 0.6 is 0 Å². The highest BCUT2D eigenvalue weighted by Crippen LogP contribution is 2.50. The van der Waals surface area contributed by atoms with E-state index >= 15 is 0 Å². The fourth-order valence-corrected chi connectivity index (χ4v) is 3.44. The first-order chi connectivity index (χ1) is 15.5. The number of nitrogens with zero attached hydrogens (tertiary/aromatic N) is 1. The highest BCUT2D eigenvalue weighted by atomic mass is 19.4. The number of amides is 1. The van der Waals surface area contributed by atoms with E-state index in [0.29, 0.717) is 12.8 Å². The number of carbonyl (C=O) groups is 1. The number of benzene rings is 2. The second-order valence-electron chi connectivity index (χ2n) is 7.89. The molecule has 1 fully saturated rings. The maximum absolute atomic E-state index is 13.8. The van der Waals surface area contributed by atoms with Gasteiger partial charge in [0.05, 0.1) is 11.6 Å². The van der Waals surface area contributed by atoms with Crippen LogP contribution in [-0.2, 0) is 6.18 Å². The minimum Gasteiger partial charge on any atom is -0.416 e. The standard InChI is InChI=1S/C23H19F5N2O3/c1-11-16(24)8-14(9-17(11)25)12(2)29-21(31)18-10-32-22(30-18)33-19-5-3-4-15(23(26,27)28)20(19)13-6-7-13/h3-5,8-10,12-13H,6-7H2,1-2H3,(H,29,31). The molecule has 1 aliphatic carbocycles. The molecule has 3 aromatic rings. The molecule has 4 rings (SSSR count). The monoisotopic (exact) mass is 466 g/mol. The van der Waals surface area contributed by atoms with Crippen LogP contribution in [0.2, 0.25) is 0 Å². The molecule has 1 saturated carbocycles. The van der Waals surface area contributed by atoms with Gasteiger partial charge in [-0.05, 0) is 62.4 Å². The van der Waals surface area contributed by atoms with Crippen molar-refractivity contribution in [2.45, 2.75) is 44.8 Å². The lowest BCUT2D eigenvalue weighted by Gasteiger charge is -2.15. The summed E-state index contributed by atoms with van der Waals surface area (Å²) in [6.45, 7) is 2.83. The number of rotatable bonds is 6. The zero-order chi connectivity index (χ0) is 23.9. The number of oxazole rings is 1. The fraction of sp³-hybridized carbons (Fsp3) is 0.304. The van der Waals surface area contributed by atoms with E-state index in [2.05, 4.69) is 10.3 Å². The molecular weight excluding hydrogens is 447 g/mol. The molecule has 0 radical (unpaired) electrons. The van der Waals surface area contributed by atoms with Gasteiger partial charge in [0, 0.05) is 11.1 Å². The Balaban J connectivity index is 1.50. The molecule has 1 heterocycles. The van der Waals surface area contributed by atoms with Crippen LogP contribution in [0, 0.1) is 18.6 Å². The van der Waals surface area contributed by atoms with Crippen LogP contribution in [-0.4, -0.2) is 10.9 Å². The van der Waals surface area contributed by atoms with Gasteiger partial charge in [0.2, 0.25) is 0 Å². The molecule has 0 saturated heterocycles. The molecule has 5 nitrogen and oxygen atoms in total. The summed E-state index contributed by atoms with van der Waals surface area (Å²) in [4.78, 5) is 16.4. The van der Waals surface area contributed by atoms with E-state index in [9.17, 15) is 26.7 Å². The molecule has 1 unspecified atom stereocenters. The van der Waals surface area contributed by atoms with Gasteiger partial charge < -0.3 is 14.5 Å². The van der Waals surface area contributed by atoms with Crippen LogP contribution in [0.25, 0.3) is 0 Å². The lowest BCUT2D eigenvalue weighted by atomic mass is 10.0. The third kappa shape index (κ3) is 4.84. The predicted molar refractivity (Wildman–Crippen MR) is 107 cm³/mol. The Morgan fingerprint density at radius 3 is 2.48 bits per heavy atom. The van der Waals surface area contributed by atoms with Crippen molar-refractivity contribution in [3.63, 3.8) is 0 Å². The second kappa shape index (κ2) is 8.49. The van der Waals surface area contributed by atoms with Crippen molar-refractivity contribution >= 4 is 5.91 Å². The van der Waals surface area contributed by atoms with Crippen molar-refractivity contribution in [2.24, 2.45) is 0 Å². The topological polar surface area (TPSA) is 64.4 Å². The van der Waals surface area contributed by atoms with Crippen LogP contribution in [0.3, 0.4) is 0 Å². The summed E-state index contributed by atoms with van der Waals surface area (Å²) in [6.07, 6.45) is -2.73. The maximum Gasteiger partial charge on any atom is 0.416 e. The Hall–Kier alpha value is -3.43. The Morgan fingerprint density at radius 2 is 1.88 bits per heavy atom.